The lowest BCUT2D eigenvalue weighted by Crippen LogP contribution is -2.25. The Bertz CT molecular complexity index is 897. The molecule has 2 saturated carbocycles. The van der Waals surface area contributed by atoms with Crippen molar-refractivity contribution in [2.24, 2.45) is 17.8 Å². The number of anilines is 1. The Morgan fingerprint density at radius 2 is 2.00 bits per heavy atom. The number of aromatic nitrogens is 3. The fourth-order valence-corrected chi connectivity index (χ4v) is 4.01. The molecule has 3 atom stereocenters. The van der Waals surface area contributed by atoms with Gasteiger partial charge in [0, 0.05) is 17.7 Å². The molecule has 0 bridgehead atoms. The van der Waals surface area contributed by atoms with Crippen molar-refractivity contribution in [3.05, 3.63) is 42.6 Å². The Labute approximate surface area is 145 Å². The van der Waals surface area contributed by atoms with Gasteiger partial charge in [0.2, 0.25) is 5.91 Å². The van der Waals surface area contributed by atoms with E-state index in [1.165, 1.54) is 12.8 Å². The van der Waals surface area contributed by atoms with Crippen LogP contribution in [0.25, 0.3) is 22.4 Å². The molecule has 2 aromatic heterocycles. The summed E-state index contributed by atoms with van der Waals surface area (Å²) in [6, 6.07) is 11.7. The molecule has 3 aromatic rings. The van der Waals surface area contributed by atoms with Gasteiger partial charge < -0.3 is 10.3 Å². The van der Waals surface area contributed by atoms with Gasteiger partial charge in [0.25, 0.3) is 0 Å². The Kier molecular flexibility index (Phi) is 3.33. The number of nitrogens with one attached hydrogen (secondary N) is 2. The van der Waals surface area contributed by atoms with Gasteiger partial charge >= 0.3 is 0 Å². The highest BCUT2D eigenvalue weighted by Crippen LogP contribution is 2.51. The largest absolute Gasteiger partial charge is 0.338 e. The molecule has 3 unspecified atom stereocenters. The van der Waals surface area contributed by atoms with Crippen molar-refractivity contribution in [2.75, 3.05) is 5.32 Å². The third kappa shape index (κ3) is 2.80. The highest BCUT2D eigenvalue weighted by molar-refractivity contribution is 5.92. The molecule has 25 heavy (non-hydrogen) atoms. The van der Waals surface area contributed by atoms with Gasteiger partial charge in [-0.2, -0.15) is 0 Å². The predicted octanol–water partition coefficient (Wildman–Crippen LogP) is 4.00. The number of carbonyl (C=O) groups excluding carboxylic acids is 1. The second-order valence-corrected chi connectivity index (χ2v) is 7.29. The molecule has 0 aliphatic heterocycles. The summed E-state index contributed by atoms with van der Waals surface area (Å²) in [6.07, 6.45) is 6.36. The molecule has 2 fully saturated rings. The fourth-order valence-electron chi connectivity index (χ4n) is 4.01. The van der Waals surface area contributed by atoms with Crippen LogP contribution in [0.1, 0.15) is 25.7 Å². The molecule has 5 nitrogen and oxygen atoms in total. The summed E-state index contributed by atoms with van der Waals surface area (Å²) in [4.78, 5) is 24.7. The monoisotopic (exact) mass is 332 g/mol. The second-order valence-electron chi connectivity index (χ2n) is 7.29. The lowest BCUT2D eigenvalue weighted by atomic mass is 9.89. The third-order valence-corrected chi connectivity index (χ3v) is 5.59. The number of pyridine rings is 1. The van der Waals surface area contributed by atoms with Crippen molar-refractivity contribution >= 4 is 22.8 Å². The quantitative estimate of drug-likeness (QED) is 0.761. The Morgan fingerprint density at radius 1 is 1.08 bits per heavy atom. The van der Waals surface area contributed by atoms with E-state index in [9.17, 15) is 4.79 Å². The van der Waals surface area contributed by atoms with Crippen LogP contribution in [0.15, 0.2) is 42.6 Å². The lowest BCUT2D eigenvalue weighted by molar-refractivity contribution is -0.120. The van der Waals surface area contributed by atoms with Crippen LogP contribution in [-0.2, 0) is 4.79 Å². The van der Waals surface area contributed by atoms with Crippen LogP contribution in [-0.4, -0.2) is 20.9 Å². The van der Waals surface area contributed by atoms with Crippen molar-refractivity contribution in [1.29, 1.82) is 0 Å². The van der Waals surface area contributed by atoms with E-state index in [1.807, 2.05) is 36.4 Å². The van der Waals surface area contributed by atoms with Crippen LogP contribution < -0.4 is 5.32 Å². The van der Waals surface area contributed by atoms with Crippen LogP contribution in [0.4, 0.5) is 5.82 Å². The number of nitrogens with zero attached hydrogens (tertiary/aromatic N) is 2. The first-order valence-corrected chi connectivity index (χ1v) is 8.98. The van der Waals surface area contributed by atoms with E-state index in [2.05, 4.69) is 20.3 Å². The molecule has 1 aromatic carbocycles. The Hall–Kier alpha value is -2.69. The highest BCUT2D eigenvalue weighted by atomic mass is 16.1. The van der Waals surface area contributed by atoms with E-state index in [-0.39, 0.29) is 11.8 Å². The number of carbonyl (C=O) groups is 1. The van der Waals surface area contributed by atoms with Crippen LogP contribution in [0, 0.1) is 17.8 Å². The summed E-state index contributed by atoms with van der Waals surface area (Å²) in [6.45, 7) is 0. The lowest BCUT2D eigenvalue weighted by Gasteiger charge is -2.20. The summed E-state index contributed by atoms with van der Waals surface area (Å²) < 4.78 is 0. The average molecular weight is 332 g/mol. The molecular weight excluding hydrogens is 312 g/mol. The average Bonchev–Trinajstić information content (AvgIpc) is 3.30. The number of para-hydroxylation sites is 2. The molecule has 2 aliphatic rings. The Balaban J connectivity index is 1.30. The summed E-state index contributed by atoms with van der Waals surface area (Å²) in [5.41, 5.74) is 2.85. The van der Waals surface area contributed by atoms with Gasteiger partial charge in [0.05, 0.1) is 11.0 Å². The third-order valence-electron chi connectivity index (χ3n) is 5.59. The van der Waals surface area contributed by atoms with E-state index >= 15 is 0 Å². The highest BCUT2D eigenvalue weighted by Gasteiger charge is 2.43. The maximum absolute atomic E-state index is 12.4. The first-order chi connectivity index (χ1) is 12.3. The van der Waals surface area contributed by atoms with Crippen molar-refractivity contribution in [2.45, 2.75) is 25.7 Å². The standard InChI is InChI=1S/C20H20N4O/c25-20(13-6-5-12-9-15(12)10-13)24-18-8-7-14(11-21-18)19-22-16-3-1-2-4-17(16)23-19/h1-4,7-8,11-13,15H,5-6,9-10H2,(H,22,23)(H,21,24,25). The van der Waals surface area contributed by atoms with Crippen LogP contribution in [0.3, 0.4) is 0 Å². The molecule has 0 radical (unpaired) electrons. The van der Waals surface area contributed by atoms with Crippen LogP contribution in [0.2, 0.25) is 0 Å². The first-order valence-electron chi connectivity index (χ1n) is 8.98. The number of imidazole rings is 1. The summed E-state index contributed by atoms with van der Waals surface area (Å²) >= 11 is 0. The summed E-state index contributed by atoms with van der Waals surface area (Å²) in [5, 5.41) is 2.98. The van der Waals surface area contributed by atoms with Crippen molar-refractivity contribution in [1.82, 2.24) is 15.0 Å². The number of rotatable bonds is 3. The van der Waals surface area contributed by atoms with Gasteiger partial charge in [-0.25, -0.2) is 9.97 Å². The van der Waals surface area contributed by atoms with E-state index in [0.29, 0.717) is 5.82 Å². The molecule has 126 valence electrons. The minimum atomic E-state index is 0.120. The zero-order valence-corrected chi connectivity index (χ0v) is 13.9. The van der Waals surface area contributed by atoms with Crippen molar-refractivity contribution < 1.29 is 4.79 Å². The zero-order valence-electron chi connectivity index (χ0n) is 13.9. The topological polar surface area (TPSA) is 70.7 Å². The number of hydrogen-bond acceptors (Lipinski definition) is 3. The van der Waals surface area contributed by atoms with Crippen LogP contribution >= 0.6 is 0 Å². The molecule has 2 aliphatic carbocycles. The van der Waals surface area contributed by atoms with Crippen LogP contribution in [0.5, 0.6) is 0 Å². The molecule has 2 heterocycles. The summed E-state index contributed by atoms with van der Waals surface area (Å²) in [5.74, 6) is 3.38. The number of hydrogen-bond donors (Lipinski definition) is 2. The van der Waals surface area contributed by atoms with Gasteiger partial charge in [-0.3, -0.25) is 4.79 Å². The molecule has 0 saturated heterocycles. The SMILES string of the molecule is O=C(Nc1ccc(-c2nc3ccccc3[nH]2)cn1)C1CCC2CC2C1. The smallest absolute Gasteiger partial charge is 0.228 e. The fraction of sp³-hybridized carbons (Fsp3) is 0.350. The number of amides is 1. The van der Waals surface area contributed by atoms with E-state index in [1.54, 1.807) is 6.20 Å². The zero-order chi connectivity index (χ0) is 16.8. The first kappa shape index (κ1) is 14.6. The predicted molar refractivity (Wildman–Crippen MR) is 96.9 cm³/mol. The van der Waals surface area contributed by atoms with E-state index < -0.39 is 0 Å². The maximum Gasteiger partial charge on any atom is 0.228 e. The van der Waals surface area contributed by atoms with Gasteiger partial charge in [0.15, 0.2) is 0 Å². The number of benzene rings is 1. The van der Waals surface area contributed by atoms with E-state index in [0.717, 1.165) is 47.1 Å². The second kappa shape index (κ2) is 5.69. The van der Waals surface area contributed by atoms with Crippen molar-refractivity contribution in [3.8, 4) is 11.4 Å². The Morgan fingerprint density at radius 3 is 2.80 bits per heavy atom. The number of fused-ring (bicyclic) bond motifs is 2. The van der Waals surface area contributed by atoms with Gasteiger partial charge in [-0.05, 0) is 61.8 Å². The minimum Gasteiger partial charge on any atom is -0.338 e. The van der Waals surface area contributed by atoms with Gasteiger partial charge in [-0.15, -0.1) is 0 Å². The molecule has 0 spiro atoms. The normalized spacial score (nSPS) is 24.7. The maximum atomic E-state index is 12.4. The molecule has 5 rings (SSSR count). The van der Waals surface area contributed by atoms with Crippen molar-refractivity contribution in [3.63, 3.8) is 0 Å². The van der Waals surface area contributed by atoms with E-state index in [4.69, 9.17) is 0 Å². The minimum absolute atomic E-state index is 0.120. The molecule has 2 N–H and O–H groups in total. The molecule has 5 heteroatoms. The number of aromatic amines is 1. The van der Waals surface area contributed by atoms with Gasteiger partial charge in [-0.1, -0.05) is 12.1 Å². The molecular formula is C20H20N4O. The van der Waals surface area contributed by atoms with Gasteiger partial charge in [0.1, 0.15) is 11.6 Å². The molecule has 1 amide bonds. The number of H-pyrrole nitrogens is 1. The summed E-state index contributed by atoms with van der Waals surface area (Å²) in [7, 11) is 0.